The third-order valence-corrected chi connectivity index (χ3v) is 2.85. The maximum atomic E-state index is 12.3. The van der Waals surface area contributed by atoms with Crippen molar-refractivity contribution in [3.63, 3.8) is 0 Å². The smallest absolute Gasteiger partial charge is 0.431 e. The first kappa shape index (κ1) is 20.4. The van der Waals surface area contributed by atoms with Crippen LogP contribution in [-0.2, 0) is 30.2 Å². The summed E-state index contributed by atoms with van der Waals surface area (Å²) in [7, 11) is 0. The van der Waals surface area contributed by atoms with Gasteiger partial charge < -0.3 is 30.2 Å². The highest BCUT2D eigenvalue weighted by Gasteiger charge is 2.26. The zero-order chi connectivity index (χ0) is 18.8. The second kappa shape index (κ2) is 10.3. The van der Waals surface area contributed by atoms with Gasteiger partial charge in [-0.3, -0.25) is 4.79 Å². The van der Waals surface area contributed by atoms with Gasteiger partial charge in [-0.15, -0.1) is 0 Å². The van der Waals surface area contributed by atoms with Gasteiger partial charge in [0.05, 0.1) is 12.4 Å². The van der Waals surface area contributed by atoms with Gasteiger partial charge in [-0.1, -0.05) is 0 Å². The van der Waals surface area contributed by atoms with Crippen molar-refractivity contribution in [1.29, 1.82) is 0 Å². The minimum atomic E-state index is -1.17. The Morgan fingerprint density at radius 2 is 1.96 bits per heavy atom. The number of hydrogen-bond acceptors (Lipinski definition) is 8. The average Bonchev–Trinajstić information content (AvgIpc) is 2.98. The van der Waals surface area contributed by atoms with Gasteiger partial charge >= 0.3 is 12.1 Å². The van der Waals surface area contributed by atoms with Crippen LogP contribution in [-0.4, -0.2) is 53.0 Å². The van der Waals surface area contributed by atoms with Gasteiger partial charge in [0.15, 0.2) is 0 Å². The molecule has 0 aliphatic rings. The number of hydrogen-bond donors (Lipinski definition) is 3. The van der Waals surface area contributed by atoms with Gasteiger partial charge in [0.1, 0.15) is 6.04 Å². The Bertz CT molecular complexity index is 560. The third kappa shape index (κ3) is 8.15. The zero-order valence-electron chi connectivity index (χ0n) is 14.5. The second-order valence-electron chi connectivity index (χ2n) is 5.48. The molecule has 10 nitrogen and oxygen atoms in total. The topological polar surface area (TPSA) is 146 Å². The van der Waals surface area contributed by atoms with Crippen LogP contribution in [0.5, 0.6) is 0 Å². The van der Waals surface area contributed by atoms with E-state index in [1.165, 1.54) is 19.4 Å². The van der Waals surface area contributed by atoms with Crippen molar-refractivity contribution in [2.75, 3.05) is 6.54 Å². The third-order valence-electron chi connectivity index (χ3n) is 2.85. The highest BCUT2D eigenvalue weighted by molar-refractivity contribution is 5.84. The van der Waals surface area contributed by atoms with Gasteiger partial charge in [-0.05, 0) is 13.8 Å². The molecule has 1 rings (SSSR count). The second-order valence-corrected chi connectivity index (χ2v) is 5.48. The molecule has 10 heteroatoms. The maximum Gasteiger partial charge on any atom is 0.511 e. The lowest BCUT2D eigenvalue weighted by molar-refractivity contribution is -0.171. The van der Waals surface area contributed by atoms with Crippen LogP contribution in [0.3, 0.4) is 0 Å². The van der Waals surface area contributed by atoms with Crippen LogP contribution in [0.4, 0.5) is 4.79 Å². The summed E-state index contributed by atoms with van der Waals surface area (Å²) in [5.41, 5.74) is 5.96. The molecular weight excluding hydrogens is 332 g/mol. The first-order chi connectivity index (χ1) is 11.8. The molecule has 0 spiro atoms. The fraction of sp³-hybridized carbons (Fsp3) is 0.600. The molecule has 1 aromatic heterocycles. The molecule has 0 radical (unpaired) electrons. The summed E-state index contributed by atoms with van der Waals surface area (Å²) in [6.45, 7) is 4.84. The van der Waals surface area contributed by atoms with Crippen molar-refractivity contribution in [2.24, 2.45) is 5.73 Å². The number of nitrogens with two attached hydrogens (primary N) is 1. The first-order valence-corrected chi connectivity index (χ1v) is 7.86. The Hall–Kier alpha value is -2.62. The van der Waals surface area contributed by atoms with Crippen LogP contribution >= 0.6 is 0 Å². The zero-order valence-corrected chi connectivity index (χ0v) is 14.5. The summed E-state index contributed by atoms with van der Waals surface area (Å²) in [5, 5.41) is 2.53. The fourth-order valence-electron chi connectivity index (χ4n) is 1.83. The molecule has 140 valence electrons. The molecule has 1 aromatic rings. The van der Waals surface area contributed by atoms with E-state index in [2.05, 4.69) is 15.3 Å². The van der Waals surface area contributed by atoms with Crippen molar-refractivity contribution in [1.82, 2.24) is 15.3 Å². The minimum absolute atomic E-state index is 0.0690. The molecule has 0 saturated carbocycles. The predicted octanol–water partition coefficient (Wildman–Crippen LogP) is 0.237. The van der Waals surface area contributed by atoms with E-state index in [0.29, 0.717) is 5.69 Å². The van der Waals surface area contributed by atoms with Crippen LogP contribution in [0.2, 0.25) is 0 Å². The molecule has 0 aromatic carbocycles. The van der Waals surface area contributed by atoms with E-state index in [-0.39, 0.29) is 25.5 Å². The SMILES string of the molecule is CC(C)OC(=O)OC(C)OC(=O)[C@H](Cc1cnc[nH]1)NC(=O)CCN. The molecule has 4 N–H and O–H groups in total. The van der Waals surface area contributed by atoms with E-state index < -0.39 is 30.4 Å². The highest BCUT2D eigenvalue weighted by atomic mass is 16.8. The Morgan fingerprint density at radius 3 is 2.52 bits per heavy atom. The molecule has 0 saturated heterocycles. The van der Waals surface area contributed by atoms with Crippen molar-refractivity contribution in [3.8, 4) is 0 Å². The summed E-state index contributed by atoms with van der Waals surface area (Å²) in [5.74, 6) is -1.15. The molecular formula is C15H24N4O6. The first-order valence-electron chi connectivity index (χ1n) is 7.86. The summed E-state index contributed by atoms with van der Waals surface area (Å²) >= 11 is 0. The van der Waals surface area contributed by atoms with E-state index in [1.54, 1.807) is 13.8 Å². The van der Waals surface area contributed by atoms with Crippen molar-refractivity contribution >= 4 is 18.0 Å². The van der Waals surface area contributed by atoms with Crippen LogP contribution in [0.1, 0.15) is 32.9 Å². The number of aromatic nitrogens is 2. The van der Waals surface area contributed by atoms with Crippen LogP contribution < -0.4 is 11.1 Å². The number of carbonyl (C=O) groups is 3. The number of nitrogens with zero attached hydrogens (tertiary/aromatic N) is 1. The summed E-state index contributed by atoms with van der Waals surface area (Å²) in [6.07, 6.45) is 0.696. The number of H-pyrrole nitrogens is 1. The van der Waals surface area contributed by atoms with E-state index >= 15 is 0 Å². The van der Waals surface area contributed by atoms with Crippen molar-refractivity contribution in [3.05, 3.63) is 18.2 Å². The molecule has 25 heavy (non-hydrogen) atoms. The van der Waals surface area contributed by atoms with Crippen molar-refractivity contribution < 1.29 is 28.6 Å². The molecule has 0 fully saturated rings. The van der Waals surface area contributed by atoms with Crippen LogP contribution in [0, 0.1) is 0 Å². The Labute approximate surface area is 145 Å². The van der Waals surface area contributed by atoms with Gasteiger partial charge in [0.25, 0.3) is 0 Å². The molecule has 1 unspecified atom stereocenters. The van der Waals surface area contributed by atoms with E-state index in [0.717, 1.165) is 0 Å². The number of imidazole rings is 1. The van der Waals surface area contributed by atoms with E-state index in [4.69, 9.17) is 19.9 Å². The van der Waals surface area contributed by atoms with Gasteiger partial charge in [-0.2, -0.15) is 0 Å². The highest BCUT2D eigenvalue weighted by Crippen LogP contribution is 2.06. The summed E-state index contributed by atoms with van der Waals surface area (Å²) in [4.78, 5) is 42.1. The Balaban J connectivity index is 2.64. The number of esters is 1. The van der Waals surface area contributed by atoms with Gasteiger partial charge in [-0.25, -0.2) is 14.6 Å². The average molecular weight is 356 g/mol. The Morgan fingerprint density at radius 1 is 1.24 bits per heavy atom. The predicted molar refractivity (Wildman–Crippen MR) is 86.1 cm³/mol. The molecule has 0 aliphatic carbocycles. The van der Waals surface area contributed by atoms with Gasteiger partial charge in [0, 0.05) is 38.2 Å². The monoisotopic (exact) mass is 356 g/mol. The molecule has 0 bridgehead atoms. The van der Waals surface area contributed by atoms with E-state index in [9.17, 15) is 14.4 Å². The molecule has 1 heterocycles. The number of ether oxygens (including phenoxy) is 3. The minimum Gasteiger partial charge on any atom is -0.431 e. The normalized spacial score (nSPS) is 13.0. The fourth-order valence-corrected chi connectivity index (χ4v) is 1.83. The van der Waals surface area contributed by atoms with Crippen LogP contribution in [0.25, 0.3) is 0 Å². The number of amides is 1. The number of rotatable bonds is 9. The summed E-state index contributed by atoms with van der Waals surface area (Å²) < 4.78 is 14.7. The van der Waals surface area contributed by atoms with Crippen molar-refractivity contribution in [2.45, 2.75) is 52.0 Å². The molecule has 1 amide bonds. The molecule has 2 atom stereocenters. The number of nitrogens with one attached hydrogen (secondary N) is 2. The maximum absolute atomic E-state index is 12.3. The number of carbonyl (C=O) groups excluding carboxylic acids is 3. The van der Waals surface area contributed by atoms with Crippen LogP contribution in [0.15, 0.2) is 12.5 Å². The quantitative estimate of drug-likeness (QED) is 0.421. The largest absolute Gasteiger partial charge is 0.511 e. The lowest BCUT2D eigenvalue weighted by Gasteiger charge is -2.20. The lowest BCUT2D eigenvalue weighted by atomic mass is 10.1. The number of aromatic amines is 1. The Kier molecular flexibility index (Phi) is 8.40. The standard InChI is InChI=1S/C15H24N4O6/c1-9(2)23-15(22)25-10(3)24-14(21)12(19-13(20)4-5-16)6-11-7-17-8-18-11/h7-10,12H,4-6,16H2,1-3H3,(H,17,18)(H,19,20)/t10?,12-/m0/s1. The lowest BCUT2D eigenvalue weighted by Crippen LogP contribution is -2.45. The summed E-state index contributed by atoms with van der Waals surface area (Å²) in [6, 6.07) is -0.980. The molecule has 0 aliphatic heterocycles. The van der Waals surface area contributed by atoms with Gasteiger partial charge in [0.2, 0.25) is 12.2 Å². The van der Waals surface area contributed by atoms with E-state index in [1.807, 2.05) is 0 Å².